The van der Waals surface area contributed by atoms with Gasteiger partial charge < -0.3 is 20.4 Å². The predicted molar refractivity (Wildman–Crippen MR) is 136 cm³/mol. The molecule has 2 aromatic rings. The smallest absolute Gasteiger partial charge is 0.410 e. The molecular formula is C27H37FN4O2. The molecule has 1 saturated heterocycles. The number of amides is 1. The zero-order valence-electron chi connectivity index (χ0n) is 21.1. The average molecular weight is 469 g/mol. The lowest BCUT2D eigenvalue weighted by atomic mass is 9.94. The van der Waals surface area contributed by atoms with E-state index in [1.54, 1.807) is 17.0 Å². The highest BCUT2D eigenvalue weighted by atomic mass is 19.1. The van der Waals surface area contributed by atoms with E-state index in [0.29, 0.717) is 19.0 Å². The summed E-state index contributed by atoms with van der Waals surface area (Å²) in [5, 5.41) is 11.3. The summed E-state index contributed by atoms with van der Waals surface area (Å²) in [7, 11) is 0. The van der Waals surface area contributed by atoms with E-state index in [2.05, 4.69) is 31.0 Å². The SMILES string of the molecule is Cc1cc(Nc2ccc(F)cc2)c(C=N)cc1C1CN(C(=O)OC(C)(C)C)CCN1CC(C)C. The lowest BCUT2D eigenvalue weighted by Gasteiger charge is -2.43. The third-order valence-electron chi connectivity index (χ3n) is 5.82. The van der Waals surface area contributed by atoms with Gasteiger partial charge in [-0.25, -0.2) is 9.18 Å². The zero-order chi connectivity index (χ0) is 25.0. The van der Waals surface area contributed by atoms with Gasteiger partial charge in [0, 0.05) is 49.3 Å². The van der Waals surface area contributed by atoms with Crippen LogP contribution in [-0.4, -0.2) is 53.9 Å². The number of hydrogen-bond acceptors (Lipinski definition) is 5. The summed E-state index contributed by atoms with van der Waals surface area (Å²) >= 11 is 0. The Kier molecular flexibility index (Phi) is 7.97. The Labute approximate surface area is 202 Å². The Morgan fingerprint density at radius 1 is 1.24 bits per heavy atom. The number of nitrogens with one attached hydrogen (secondary N) is 2. The van der Waals surface area contributed by atoms with Crippen molar-refractivity contribution >= 4 is 23.7 Å². The number of carbonyl (C=O) groups is 1. The number of nitrogens with zero attached hydrogens (tertiary/aromatic N) is 2. The molecule has 34 heavy (non-hydrogen) atoms. The van der Waals surface area contributed by atoms with Crippen LogP contribution in [0.25, 0.3) is 0 Å². The van der Waals surface area contributed by atoms with Gasteiger partial charge in [0.15, 0.2) is 0 Å². The Hall–Kier alpha value is -2.93. The number of piperazine rings is 1. The van der Waals surface area contributed by atoms with Gasteiger partial charge in [-0.15, -0.1) is 0 Å². The monoisotopic (exact) mass is 468 g/mol. The summed E-state index contributed by atoms with van der Waals surface area (Å²) in [5.41, 5.74) is 3.91. The van der Waals surface area contributed by atoms with Crippen molar-refractivity contribution in [3.05, 3.63) is 58.9 Å². The fourth-order valence-electron chi connectivity index (χ4n) is 4.31. The van der Waals surface area contributed by atoms with Crippen molar-refractivity contribution in [3.63, 3.8) is 0 Å². The van der Waals surface area contributed by atoms with Gasteiger partial charge in [0.05, 0.1) is 6.04 Å². The molecule has 184 valence electrons. The van der Waals surface area contributed by atoms with Crippen LogP contribution < -0.4 is 5.32 Å². The largest absolute Gasteiger partial charge is 0.444 e. The maximum absolute atomic E-state index is 13.3. The van der Waals surface area contributed by atoms with Gasteiger partial charge in [-0.1, -0.05) is 13.8 Å². The Morgan fingerprint density at radius 2 is 1.91 bits per heavy atom. The molecule has 0 spiro atoms. The van der Waals surface area contributed by atoms with Crippen LogP contribution in [0, 0.1) is 24.1 Å². The van der Waals surface area contributed by atoms with E-state index < -0.39 is 5.60 Å². The molecule has 0 aliphatic carbocycles. The molecule has 1 aliphatic heterocycles. The van der Waals surface area contributed by atoms with Crippen LogP contribution in [0.4, 0.5) is 20.6 Å². The van der Waals surface area contributed by atoms with Crippen molar-refractivity contribution in [3.8, 4) is 0 Å². The van der Waals surface area contributed by atoms with Gasteiger partial charge >= 0.3 is 6.09 Å². The Balaban J connectivity index is 1.92. The van der Waals surface area contributed by atoms with Gasteiger partial charge in [0.25, 0.3) is 0 Å². The zero-order valence-corrected chi connectivity index (χ0v) is 21.1. The summed E-state index contributed by atoms with van der Waals surface area (Å²) in [6.45, 7) is 14.9. The first-order chi connectivity index (χ1) is 16.0. The van der Waals surface area contributed by atoms with Crippen molar-refractivity contribution in [2.45, 2.75) is 53.2 Å². The number of rotatable bonds is 6. The molecule has 7 heteroatoms. The second kappa shape index (κ2) is 10.6. The Morgan fingerprint density at radius 3 is 2.50 bits per heavy atom. The standard InChI is InChI=1S/C27H37FN4O2/c1-18(2)16-31-11-12-32(26(33)34-27(4,5)6)17-25(31)23-14-20(15-29)24(13-19(23)3)30-22-9-7-21(28)8-10-22/h7-10,13-15,18,25,29-30H,11-12,16-17H2,1-6H3. The molecule has 1 unspecified atom stereocenters. The topological polar surface area (TPSA) is 68.7 Å². The van der Waals surface area contributed by atoms with E-state index in [-0.39, 0.29) is 18.0 Å². The van der Waals surface area contributed by atoms with E-state index >= 15 is 0 Å². The van der Waals surface area contributed by atoms with Gasteiger partial charge in [-0.05, 0) is 81.1 Å². The lowest BCUT2D eigenvalue weighted by molar-refractivity contribution is 0.00164. The summed E-state index contributed by atoms with van der Waals surface area (Å²) < 4.78 is 18.9. The number of anilines is 2. The molecule has 0 aromatic heterocycles. The molecule has 3 rings (SSSR count). The maximum Gasteiger partial charge on any atom is 0.410 e. The molecule has 1 aliphatic rings. The van der Waals surface area contributed by atoms with Crippen molar-refractivity contribution in [1.29, 1.82) is 5.41 Å². The van der Waals surface area contributed by atoms with Crippen LogP contribution in [0.5, 0.6) is 0 Å². The van der Waals surface area contributed by atoms with Gasteiger partial charge in [-0.2, -0.15) is 0 Å². The van der Waals surface area contributed by atoms with Gasteiger partial charge in [-0.3, -0.25) is 4.90 Å². The molecule has 0 bridgehead atoms. The van der Waals surface area contributed by atoms with Crippen molar-refractivity contribution in [1.82, 2.24) is 9.80 Å². The minimum Gasteiger partial charge on any atom is -0.444 e. The maximum atomic E-state index is 13.3. The van der Waals surface area contributed by atoms with Crippen LogP contribution >= 0.6 is 0 Å². The number of hydrogen-bond donors (Lipinski definition) is 2. The van der Waals surface area contributed by atoms with Crippen molar-refractivity contribution in [2.75, 3.05) is 31.5 Å². The van der Waals surface area contributed by atoms with E-state index in [1.165, 1.54) is 18.3 Å². The highest BCUT2D eigenvalue weighted by Gasteiger charge is 2.34. The molecule has 1 heterocycles. The Bertz CT molecular complexity index is 1010. The van der Waals surface area contributed by atoms with E-state index in [9.17, 15) is 9.18 Å². The third kappa shape index (κ3) is 6.56. The van der Waals surface area contributed by atoms with E-state index in [0.717, 1.165) is 41.2 Å². The number of benzene rings is 2. The second-order valence-corrected chi connectivity index (χ2v) is 10.4. The molecule has 1 fully saturated rings. The first kappa shape index (κ1) is 25.7. The molecule has 2 aromatic carbocycles. The van der Waals surface area contributed by atoms with Crippen LogP contribution in [0.15, 0.2) is 36.4 Å². The van der Waals surface area contributed by atoms with Crippen molar-refractivity contribution < 1.29 is 13.9 Å². The highest BCUT2D eigenvalue weighted by Crippen LogP contribution is 2.33. The van der Waals surface area contributed by atoms with Crippen LogP contribution in [0.2, 0.25) is 0 Å². The molecule has 6 nitrogen and oxygen atoms in total. The van der Waals surface area contributed by atoms with E-state index in [1.807, 2.05) is 32.9 Å². The molecule has 0 radical (unpaired) electrons. The molecule has 0 saturated carbocycles. The van der Waals surface area contributed by atoms with Crippen LogP contribution in [0.3, 0.4) is 0 Å². The summed E-state index contributed by atoms with van der Waals surface area (Å²) in [5.74, 6) is 0.193. The summed E-state index contributed by atoms with van der Waals surface area (Å²) in [4.78, 5) is 17.0. The molecule has 1 amide bonds. The number of ether oxygens (including phenoxy) is 1. The lowest BCUT2D eigenvalue weighted by Crippen LogP contribution is -2.52. The summed E-state index contributed by atoms with van der Waals surface area (Å²) in [6.07, 6.45) is 1.04. The molecule has 1 atom stereocenters. The van der Waals surface area contributed by atoms with Crippen LogP contribution in [0.1, 0.15) is 57.4 Å². The minimum absolute atomic E-state index is 0.00207. The fourth-order valence-corrected chi connectivity index (χ4v) is 4.31. The number of halogens is 1. The number of aryl methyl sites for hydroxylation is 1. The number of carbonyl (C=O) groups excluding carboxylic acids is 1. The summed E-state index contributed by atoms with van der Waals surface area (Å²) in [6, 6.07) is 10.2. The third-order valence-corrected chi connectivity index (χ3v) is 5.82. The second-order valence-electron chi connectivity index (χ2n) is 10.4. The molecule has 2 N–H and O–H groups in total. The van der Waals surface area contributed by atoms with Gasteiger partial charge in [0.1, 0.15) is 11.4 Å². The van der Waals surface area contributed by atoms with E-state index in [4.69, 9.17) is 10.1 Å². The van der Waals surface area contributed by atoms with Crippen molar-refractivity contribution in [2.24, 2.45) is 5.92 Å². The quantitative estimate of drug-likeness (QED) is 0.501. The highest BCUT2D eigenvalue weighted by molar-refractivity contribution is 5.88. The first-order valence-corrected chi connectivity index (χ1v) is 11.9. The van der Waals surface area contributed by atoms with Gasteiger partial charge in [0.2, 0.25) is 0 Å². The predicted octanol–water partition coefficient (Wildman–Crippen LogP) is 6.13. The minimum atomic E-state index is -0.543. The first-order valence-electron chi connectivity index (χ1n) is 11.9. The normalized spacial score (nSPS) is 17.1. The van der Waals surface area contributed by atoms with Crippen LogP contribution in [-0.2, 0) is 4.74 Å². The molecular weight excluding hydrogens is 431 g/mol. The fraction of sp³-hybridized carbons (Fsp3) is 0.481. The average Bonchev–Trinajstić information content (AvgIpc) is 2.74.